The van der Waals surface area contributed by atoms with Gasteiger partial charge in [0.1, 0.15) is 0 Å². The summed E-state index contributed by atoms with van der Waals surface area (Å²) in [5, 5.41) is 0. The number of hydrogen-bond donors (Lipinski definition) is 0. The van der Waals surface area contributed by atoms with Crippen LogP contribution < -0.4 is 0 Å². The lowest BCUT2D eigenvalue weighted by Gasteiger charge is -2.34. The third-order valence-corrected chi connectivity index (χ3v) is 4.98. The highest BCUT2D eigenvalue weighted by Gasteiger charge is 2.28. The van der Waals surface area contributed by atoms with E-state index in [9.17, 15) is 4.79 Å². The van der Waals surface area contributed by atoms with Crippen LogP contribution in [-0.4, -0.2) is 41.9 Å². The highest BCUT2D eigenvalue weighted by atomic mass is 16.2. The SMILES string of the molecule is CCN(CC)C(=O)[C@H]1CCCN(Cc2ccc(C(C)C)cc2)C1. The van der Waals surface area contributed by atoms with Crippen molar-refractivity contribution in [3.05, 3.63) is 35.4 Å². The largest absolute Gasteiger partial charge is 0.343 e. The van der Waals surface area contributed by atoms with E-state index in [1.807, 2.05) is 4.90 Å². The van der Waals surface area contributed by atoms with Crippen molar-refractivity contribution in [2.45, 2.75) is 53.0 Å². The van der Waals surface area contributed by atoms with Gasteiger partial charge in [-0.1, -0.05) is 38.1 Å². The van der Waals surface area contributed by atoms with Gasteiger partial charge in [0.25, 0.3) is 0 Å². The zero-order chi connectivity index (χ0) is 16.8. The molecule has 128 valence electrons. The van der Waals surface area contributed by atoms with Crippen LogP contribution >= 0.6 is 0 Å². The molecule has 2 rings (SSSR count). The van der Waals surface area contributed by atoms with Crippen molar-refractivity contribution in [1.29, 1.82) is 0 Å². The molecule has 0 saturated carbocycles. The molecule has 23 heavy (non-hydrogen) atoms. The third kappa shape index (κ3) is 4.81. The average Bonchev–Trinajstić information content (AvgIpc) is 2.56. The van der Waals surface area contributed by atoms with Crippen molar-refractivity contribution < 1.29 is 4.79 Å². The van der Waals surface area contributed by atoms with E-state index < -0.39 is 0 Å². The van der Waals surface area contributed by atoms with Crippen molar-refractivity contribution >= 4 is 5.91 Å². The standard InChI is InChI=1S/C20H32N2O/c1-5-22(6-2)20(23)19-8-7-13-21(15-19)14-17-9-11-18(12-10-17)16(3)4/h9-12,16,19H,5-8,13-15H2,1-4H3/t19-/m0/s1. The van der Waals surface area contributed by atoms with Crippen LogP contribution in [0.4, 0.5) is 0 Å². The molecule has 0 spiro atoms. The Bertz CT molecular complexity index is 491. The predicted molar refractivity (Wildman–Crippen MR) is 96.5 cm³/mol. The van der Waals surface area contributed by atoms with Crippen LogP contribution in [0.3, 0.4) is 0 Å². The van der Waals surface area contributed by atoms with Gasteiger partial charge in [0, 0.05) is 26.2 Å². The van der Waals surface area contributed by atoms with Gasteiger partial charge in [-0.2, -0.15) is 0 Å². The molecule has 3 nitrogen and oxygen atoms in total. The van der Waals surface area contributed by atoms with Crippen LogP contribution in [0.2, 0.25) is 0 Å². The Balaban J connectivity index is 1.94. The Kier molecular flexibility index (Phi) is 6.64. The molecule has 1 aliphatic heterocycles. The van der Waals surface area contributed by atoms with Gasteiger partial charge < -0.3 is 4.90 Å². The molecule has 1 fully saturated rings. The number of nitrogens with zero attached hydrogens (tertiary/aromatic N) is 2. The number of carbonyl (C=O) groups is 1. The molecule has 1 aromatic carbocycles. The van der Waals surface area contributed by atoms with Crippen molar-refractivity contribution in [2.75, 3.05) is 26.2 Å². The molecule has 1 atom stereocenters. The molecule has 0 N–H and O–H groups in total. The molecule has 1 saturated heterocycles. The second-order valence-electron chi connectivity index (χ2n) is 6.98. The maximum absolute atomic E-state index is 12.6. The summed E-state index contributed by atoms with van der Waals surface area (Å²) < 4.78 is 0. The minimum Gasteiger partial charge on any atom is -0.343 e. The molecule has 0 aliphatic carbocycles. The molecule has 1 aromatic rings. The third-order valence-electron chi connectivity index (χ3n) is 4.98. The normalized spacial score (nSPS) is 19.1. The fourth-order valence-electron chi connectivity index (χ4n) is 3.46. The molecule has 0 aromatic heterocycles. The van der Waals surface area contributed by atoms with E-state index in [1.54, 1.807) is 0 Å². The van der Waals surface area contributed by atoms with Gasteiger partial charge in [-0.05, 0) is 50.3 Å². The van der Waals surface area contributed by atoms with E-state index in [4.69, 9.17) is 0 Å². The number of likely N-dealkylation sites (tertiary alicyclic amines) is 1. The topological polar surface area (TPSA) is 23.6 Å². The van der Waals surface area contributed by atoms with Gasteiger partial charge >= 0.3 is 0 Å². The smallest absolute Gasteiger partial charge is 0.226 e. The van der Waals surface area contributed by atoms with E-state index in [2.05, 4.69) is 56.9 Å². The lowest BCUT2D eigenvalue weighted by Crippen LogP contribution is -2.44. The minimum absolute atomic E-state index is 0.179. The van der Waals surface area contributed by atoms with Crippen LogP contribution in [0.1, 0.15) is 57.6 Å². The number of benzene rings is 1. The molecule has 0 radical (unpaired) electrons. The van der Waals surface area contributed by atoms with E-state index in [1.165, 1.54) is 11.1 Å². The van der Waals surface area contributed by atoms with Crippen molar-refractivity contribution in [3.63, 3.8) is 0 Å². The van der Waals surface area contributed by atoms with Crippen LogP contribution in [0.15, 0.2) is 24.3 Å². The molecule has 1 aliphatic rings. The summed E-state index contributed by atoms with van der Waals surface area (Å²) in [5.41, 5.74) is 2.74. The van der Waals surface area contributed by atoms with Gasteiger partial charge in [0.15, 0.2) is 0 Å². The van der Waals surface area contributed by atoms with Gasteiger partial charge in [-0.25, -0.2) is 0 Å². The molecule has 0 bridgehead atoms. The fourth-order valence-corrected chi connectivity index (χ4v) is 3.46. The Morgan fingerprint density at radius 1 is 1.22 bits per heavy atom. The van der Waals surface area contributed by atoms with Crippen LogP contribution in [0.25, 0.3) is 0 Å². The Hall–Kier alpha value is -1.35. The fraction of sp³-hybridized carbons (Fsp3) is 0.650. The second kappa shape index (κ2) is 8.49. The van der Waals surface area contributed by atoms with E-state index in [0.29, 0.717) is 11.8 Å². The molecule has 0 unspecified atom stereocenters. The Labute approximate surface area is 141 Å². The second-order valence-corrected chi connectivity index (χ2v) is 6.98. The Morgan fingerprint density at radius 2 is 1.87 bits per heavy atom. The van der Waals surface area contributed by atoms with E-state index >= 15 is 0 Å². The molecular weight excluding hydrogens is 284 g/mol. The van der Waals surface area contributed by atoms with Crippen LogP contribution in [0, 0.1) is 5.92 Å². The molecule has 3 heteroatoms. The lowest BCUT2D eigenvalue weighted by molar-refractivity contribution is -0.137. The van der Waals surface area contributed by atoms with Gasteiger partial charge in [0.2, 0.25) is 5.91 Å². The maximum atomic E-state index is 12.6. The van der Waals surface area contributed by atoms with Gasteiger partial charge in [-0.15, -0.1) is 0 Å². The average molecular weight is 316 g/mol. The van der Waals surface area contributed by atoms with E-state index in [-0.39, 0.29) is 5.92 Å². The summed E-state index contributed by atoms with van der Waals surface area (Å²) in [7, 11) is 0. The monoisotopic (exact) mass is 316 g/mol. The summed E-state index contributed by atoms with van der Waals surface area (Å²) >= 11 is 0. The predicted octanol–water partition coefficient (Wildman–Crippen LogP) is 3.89. The summed E-state index contributed by atoms with van der Waals surface area (Å²) in [6.45, 7) is 13.2. The number of amides is 1. The zero-order valence-corrected chi connectivity index (χ0v) is 15.2. The highest BCUT2D eigenvalue weighted by molar-refractivity contribution is 5.79. The van der Waals surface area contributed by atoms with E-state index in [0.717, 1.165) is 45.6 Å². The maximum Gasteiger partial charge on any atom is 0.226 e. The number of rotatable bonds is 6. The molecule has 1 heterocycles. The summed E-state index contributed by atoms with van der Waals surface area (Å²) in [4.78, 5) is 17.0. The first-order chi connectivity index (χ1) is 11.0. The quantitative estimate of drug-likeness (QED) is 0.795. The minimum atomic E-state index is 0.179. The first-order valence-corrected chi connectivity index (χ1v) is 9.15. The zero-order valence-electron chi connectivity index (χ0n) is 15.2. The number of piperidine rings is 1. The van der Waals surface area contributed by atoms with Crippen molar-refractivity contribution in [3.8, 4) is 0 Å². The first kappa shape index (κ1) is 18.0. The van der Waals surface area contributed by atoms with Crippen molar-refractivity contribution in [1.82, 2.24) is 9.80 Å². The molecular formula is C20H32N2O. The summed E-state index contributed by atoms with van der Waals surface area (Å²) in [6, 6.07) is 8.96. The summed E-state index contributed by atoms with van der Waals surface area (Å²) in [6.07, 6.45) is 2.17. The van der Waals surface area contributed by atoms with Gasteiger partial charge in [0.05, 0.1) is 5.92 Å². The molecule has 1 amide bonds. The number of hydrogen-bond acceptors (Lipinski definition) is 2. The Morgan fingerprint density at radius 3 is 2.43 bits per heavy atom. The van der Waals surface area contributed by atoms with Gasteiger partial charge in [-0.3, -0.25) is 9.69 Å². The van der Waals surface area contributed by atoms with Crippen molar-refractivity contribution in [2.24, 2.45) is 5.92 Å². The van der Waals surface area contributed by atoms with Crippen LogP contribution in [0.5, 0.6) is 0 Å². The number of carbonyl (C=O) groups excluding carboxylic acids is 1. The van der Waals surface area contributed by atoms with Crippen LogP contribution in [-0.2, 0) is 11.3 Å². The lowest BCUT2D eigenvalue weighted by atomic mass is 9.95. The first-order valence-electron chi connectivity index (χ1n) is 9.15. The summed E-state index contributed by atoms with van der Waals surface area (Å²) in [5.74, 6) is 1.10. The highest BCUT2D eigenvalue weighted by Crippen LogP contribution is 2.21.